The van der Waals surface area contributed by atoms with Crippen LogP contribution in [-0.2, 0) is 0 Å². The predicted octanol–water partition coefficient (Wildman–Crippen LogP) is 1.91. The third kappa shape index (κ3) is 3.17. The molecule has 0 fully saturated rings. The molecule has 1 N–H and O–H groups in total. The van der Waals surface area contributed by atoms with E-state index in [2.05, 4.69) is 10.3 Å². The first kappa shape index (κ1) is 12.4. The number of pyridine rings is 1. The lowest BCUT2D eigenvalue weighted by atomic mass is 10.2. The van der Waals surface area contributed by atoms with Crippen LogP contribution in [-0.4, -0.2) is 16.9 Å². The molecule has 1 heterocycles. The Hall–Kier alpha value is -1.67. The number of carbonyl (C=O) groups excluding carboxylic acids is 1. The summed E-state index contributed by atoms with van der Waals surface area (Å²) < 4.78 is 12.8. The number of aromatic nitrogens is 1. The highest BCUT2D eigenvalue weighted by Gasteiger charge is 2.14. The minimum absolute atomic E-state index is 0.0357. The third-order valence-corrected chi connectivity index (χ3v) is 2.13. The van der Waals surface area contributed by atoms with Gasteiger partial charge in [0.25, 0.3) is 5.91 Å². The average Bonchev–Trinajstić information content (AvgIpc) is 2.21. The first-order valence-corrected chi connectivity index (χ1v) is 4.91. The van der Waals surface area contributed by atoms with Crippen molar-refractivity contribution in [1.29, 1.82) is 5.26 Å². The summed E-state index contributed by atoms with van der Waals surface area (Å²) in [7, 11) is 0. The van der Waals surface area contributed by atoms with E-state index in [1.807, 2.05) is 6.07 Å². The normalized spacial score (nSPS) is 11.6. The zero-order valence-electron chi connectivity index (χ0n) is 8.50. The van der Waals surface area contributed by atoms with Crippen LogP contribution in [0.2, 0.25) is 5.15 Å². The van der Waals surface area contributed by atoms with Crippen molar-refractivity contribution < 1.29 is 9.18 Å². The Morgan fingerprint density at radius 3 is 3.12 bits per heavy atom. The smallest absolute Gasteiger partial charge is 0.254 e. The molecule has 84 valence electrons. The summed E-state index contributed by atoms with van der Waals surface area (Å²) in [5, 5.41) is 10.9. The van der Waals surface area contributed by atoms with Gasteiger partial charge in [0.15, 0.2) is 0 Å². The second-order valence-corrected chi connectivity index (χ2v) is 3.59. The van der Waals surface area contributed by atoms with Crippen LogP contribution >= 0.6 is 11.6 Å². The molecule has 0 aliphatic heterocycles. The Balaban J connectivity index is 2.81. The average molecular weight is 242 g/mol. The second kappa shape index (κ2) is 5.42. The Morgan fingerprint density at radius 1 is 1.81 bits per heavy atom. The lowest BCUT2D eigenvalue weighted by Gasteiger charge is -2.10. The van der Waals surface area contributed by atoms with E-state index in [0.717, 1.165) is 12.3 Å². The van der Waals surface area contributed by atoms with Crippen LogP contribution in [0.5, 0.6) is 0 Å². The molecule has 0 radical (unpaired) electrons. The highest BCUT2D eigenvalue weighted by molar-refractivity contribution is 6.32. The number of nitriles is 1. The summed E-state index contributed by atoms with van der Waals surface area (Å²) >= 11 is 5.65. The van der Waals surface area contributed by atoms with Gasteiger partial charge in [-0.3, -0.25) is 4.79 Å². The molecule has 4 nitrogen and oxygen atoms in total. The Labute approximate surface area is 97.0 Å². The first-order valence-electron chi connectivity index (χ1n) is 4.53. The minimum atomic E-state index is -0.637. The maximum Gasteiger partial charge on any atom is 0.254 e. The summed E-state index contributed by atoms with van der Waals surface area (Å²) in [5.74, 6) is -1.18. The van der Waals surface area contributed by atoms with Gasteiger partial charge in [-0.25, -0.2) is 9.37 Å². The van der Waals surface area contributed by atoms with Crippen molar-refractivity contribution in [2.45, 2.75) is 19.4 Å². The molecule has 0 spiro atoms. The summed E-state index contributed by atoms with van der Waals surface area (Å²) in [6.07, 6.45) is 1.10. The fourth-order valence-corrected chi connectivity index (χ4v) is 1.26. The van der Waals surface area contributed by atoms with E-state index >= 15 is 0 Å². The predicted molar refractivity (Wildman–Crippen MR) is 56.4 cm³/mol. The number of hydrogen-bond donors (Lipinski definition) is 1. The summed E-state index contributed by atoms with van der Waals surface area (Å²) in [6.45, 7) is 1.67. The molecule has 1 rings (SSSR count). The van der Waals surface area contributed by atoms with Crippen LogP contribution in [0, 0.1) is 17.1 Å². The van der Waals surface area contributed by atoms with Crippen molar-refractivity contribution in [3.8, 4) is 6.07 Å². The maximum atomic E-state index is 12.8. The van der Waals surface area contributed by atoms with Crippen molar-refractivity contribution in [2.75, 3.05) is 0 Å². The van der Waals surface area contributed by atoms with Crippen LogP contribution in [0.4, 0.5) is 4.39 Å². The summed E-state index contributed by atoms with van der Waals surface area (Å²) in [5.41, 5.74) is -0.0357. The number of hydrogen-bond acceptors (Lipinski definition) is 3. The molecule has 16 heavy (non-hydrogen) atoms. The van der Waals surface area contributed by atoms with Crippen LogP contribution in [0.25, 0.3) is 0 Å². The van der Waals surface area contributed by atoms with E-state index in [4.69, 9.17) is 16.9 Å². The second-order valence-electron chi connectivity index (χ2n) is 3.23. The van der Waals surface area contributed by atoms with Gasteiger partial charge in [0.2, 0.25) is 0 Å². The largest absolute Gasteiger partial charge is 0.348 e. The quantitative estimate of drug-likeness (QED) is 0.822. The van der Waals surface area contributed by atoms with Gasteiger partial charge in [0.1, 0.15) is 11.0 Å². The lowest BCUT2D eigenvalue weighted by molar-refractivity contribution is 0.0940. The van der Waals surface area contributed by atoms with Crippen molar-refractivity contribution in [3.63, 3.8) is 0 Å². The van der Waals surface area contributed by atoms with Crippen LogP contribution in [0.15, 0.2) is 12.3 Å². The molecule has 0 aromatic carbocycles. The van der Waals surface area contributed by atoms with Crippen LogP contribution < -0.4 is 5.32 Å². The van der Waals surface area contributed by atoms with E-state index in [0.29, 0.717) is 0 Å². The van der Waals surface area contributed by atoms with Crippen molar-refractivity contribution in [1.82, 2.24) is 10.3 Å². The van der Waals surface area contributed by atoms with Crippen LogP contribution in [0.1, 0.15) is 23.7 Å². The molecule has 0 bridgehead atoms. The highest BCUT2D eigenvalue weighted by atomic mass is 35.5. The van der Waals surface area contributed by atoms with E-state index in [1.54, 1.807) is 6.92 Å². The zero-order valence-corrected chi connectivity index (χ0v) is 9.25. The van der Waals surface area contributed by atoms with Crippen LogP contribution in [0.3, 0.4) is 0 Å². The number of carbonyl (C=O) groups is 1. The Morgan fingerprint density at radius 2 is 2.50 bits per heavy atom. The molecule has 1 aromatic heterocycles. The van der Waals surface area contributed by atoms with Crippen molar-refractivity contribution in [2.24, 2.45) is 0 Å². The monoisotopic (exact) mass is 241 g/mol. The van der Waals surface area contributed by atoms with Gasteiger partial charge < -0.3 is 5.32 Å². The van der Waals surface area contributed by atoms with Gasteiger partial charge in [-0.15, -0.1) is 0 Å². The van der Waals surface area contributed by atoms with Gasteiger partial charge in [0, 0.05) is 6.04 Å². The molecule has 1 aromatic rings. The van der Waals surface area contributed by atoms with Gasteiger partial charge in [0.05, 0.1) is 24.3 Å². The summed E-state index contributed by atoms with van der Waals surface area (Å²) in [4.78, 5) is 15.1. The van der Waals surface area contributed by atoms with Gasteiger partial charge >= 0.3 is 0 Å². The molecule has 1 atom stereocenters. The third-order valence-electron chi connectivity index (χ3n) is 1.83. The fourth-order valence-electron chi connectivity index (χ4n) is 1.07. The van der Waals surface area contributed by atoms with Crippen molar-refractivity contribution in [3.05, 3.63) is 28.8 Å². The van der Waals surface area contributed by atoms with E-state index in [-0.39, 0.29) is 23.2 Å². The molecule has 1 amide bonds. The van der Waals surface area contributed by atoms with Gasteiger partial charge in [-0.1, -0.05) is 11.6 Å². The number of amides is 1. The van der Waals surface area contributed by atoms with E-state index in [1.165, 1.54) is 0 Å². The molecule has 6 heteroatoms. The Kier molecular flexibility index (Phi) is 4.20. The zero-order chi connectivity index (χ0) is 12.1. The molecular weight excluding hydrogens is 233 g/mol. The highest BCUT2D eigenvalue weighted by Crippen LogP contribution is 2.13. The number of rotatable bonds is 3. The van der Waals surface area contributed by atoms with Gasteiger partial charge in [-0.05, 0) is 13.0 Å². The molecule has 0 aliphatic carbocycles. The van der Waals surface area contributed by atoms with Gasteiger partial charge in [-0.2, -0.15) is 5.26 Å². The molecular formula is C10H9ClFN3O. The number of halogens is 2. The topological polar surface area (TPSA) is 65.8 Å². The molecule has 0 saturated carbocycles. The number of nitrogens with zero attached hydrogens (tertiary/aromatic N) is 2. The lowest BCUT2D eigenvalue weighted by Crippen LogP contribution is -2.32. The van der Waals surface area contributed by atoms with E-state index < -0.39 is 11.7 Å². The molecule has 0 aliphatic rings. The molecule has 1 unspecified atom stereocenters. The molecule has 0 saturated heterocycles. The maximum absolute atomic E-state index is 12.8. The van der Waals surface area contributed by atoms with E-state index in [9.17, 15) is 9.18 Å². The number of nitrogens with one attached hydrogen (secondary N) is 1. The SMILES string of the molecule is CC(CC#N)NC(=O)c1cc(F)cnc1Cl. The minimum Gasteiger partial charge on any atom is -0.348 e. The fraction of sp³-hybridized carbons (Fsp3) is 0.300. The van der Waals surface area contributed by atoms with Crippen molar-refractivity contribution >= 4 is 17.5 Å². The Bertz CT molecular complexity index is 444. The first-order chi connectivity index (χ1) is 7.54. The standard InChI is InChI=1S/C10H9ClFN3O/c1-6(2-3-13)15-10(16)8-4-7(12)5-14-9(8)11/h4-6H,2H2,1H3,(H,15,16). The summed E-state index contributed by atoms with van der Waals surface area (Å²) in [6, 6.07) is 2.59.